The third kappa shape index (κ3) is 5.43. The summed E-state index contributed by atoms with van der Waals surface area (Å²) in [4.78, 5) is 16.5. The number of pyridine rings is 1. The molecular weight excluding hydrogens is 366 g/mol. The lowest BCUT2D eigenvalue weighted by atomic mass is 10.2. The minimum absolute atomic E-state index is 0.0907. The fourth-order valence-corrected chi connectivity index (χ4v) is 4.50. The zero-order valence-corrected chi connectivity index (χ0v) is 16.1. The molecular formula is C19H23N3O4S. The number of hydrogen-bond acceptors (Lipinski definition) is 6. The summed E-state index contributed by atoms with van der Waals surface area (Å²) >= 11 is 0. The summed E-state index contributed by atoms with van der Waals surface area (Å²) < 4.78 is 28.6. The number of nitrogens with one attached hydrogen (secondary N) is 2. The molecule has 144 valence electrons. The van der Waals surface area contributed by atoms with E-state index >= 15 is 0 Å². The first kappa shape index (κ1) is 19.2. The van der Waals surface area contributed by atoms with Gasteiger partial charge >= 0.3 is 0 Å². The number of nitrogens with zero attached hydrogens (tertiary/aromatic N) is 1. The lowest BCUT2D eigenvalue weighted by Gasteiger charge is -2.12. The van der Waals surface area contributed by atoms with E-state index in [1.54, 1.807) is 36.4 Å². The number of aromatic nitrogens is 1. The van der Waals surface area contributed by atoms with Gasteiger partial charge in [0, 0.05) is 17.9 Å². The van der Waals surface area contributed by atoms with Crippen molar-refractivity contribution in [2.75, 3.05) is 22.1 Å². The number of sulfone groups is 1. The molecule has 1 unspecified atom stereocenters. The van der Waals surface area contributed by atoms with Gasteiger partial charge in [-0.2, -0.15) is 0 Å². The van der Waals surface area contributed by atoms with Gasteiger partial charge in [-0.1, -0.05) is 0 Å². The van der Waals surface area contributed by atoms with Crippen LogP contribution in [0.1, 0.15) is 30.6 Å². The summed E-state index contributed by atoms with van der Waals surface area (Å²) in [6.07, 6.45) is 2.13. The average Bonchev–Trinajstić information content (AvgIpc) is 2.95. The molecule has 2 heterocycles. The predicted octanol–water partition coefficient (Wildman–Crippen LogP) is 2.72. The lowest BCUT2D eigenvalue weighted by Crippen LogP contribution is -2.21. The maximum absolute atomic E-state index is 12.3. The van der Waals surface area contributed by atoms with Crippen molar-refractivity contribution in [2.24, 2.45) is 0 Å². The molecule has 1 aliphatic rings. The molecule has 3 rings (SSSR count). The molecule has 1 aliphatic heterocycles. The SMILES string of the molecule is CC(C)Oc1ccc(NC(=O)c2ccc(NC3CCS(=O)(=O)C3)nc2)cc1. The van der Waals surface area contributed by atoms with Crippen LogP contribution in [-0.2, 0) is 9.84 Å². The lowest BCUT2D eigenvalue weighted by molar-refractivity contribution is 0.102. The Kier molecular flexibility index (Phi) is 5.65. The van der Waals surface area contributed by atoms with Gasteiger partial charge in [0.05, 0.1) is 23.2 Å². The second-order valence-electron chi connectivity index (χ2n) is 6.82. The molecule has 27 heavy (non-hydrogen) atoms. The van der Waals surface area contributed by atoms with E-state index in [1.807, 2.05) is 13.8 Å². The average molecular weight is 389 g/mol. The Balaban J connectivity index is 1.57. The number of hydrogen-bond donors (Lipinski definition) is 2. The molecule has 8 heteroatoms. The third-order valence-corrected chi connectivity index (χ3v) is 5.86. The third-order valence-electron chi connectivity index (χ3n) is 4.09. The van der Waals surface area contributed by atoms with Gasteiger partial charge in [0.1, 0.15) is 11.6 Å². The molecule has 0 radical (unpaired) electrons. The van der Waals surface area contributed by atoms with Gasteiger partial charge in [-0.25, -0.2) is 13.4 Å². The second-order valence-corrected chi connectivity index (χ2v) is 9.05. The highest BCUT2D eigenvalue weighted by Gasteiger charge is 2.27. The minimum atomic E-state index is -2.95. The van der Waals surface area contributed by atoms with Gasteiger partial charge in [0.2, 0.25) is 0 Å². The van der Waals surface area contributed by atoms with Crippen molar-refractivity contribution in [1.29, 1.82) is 0 Å². The van der Waals surface area contributed by atoms with Crippen molar-refractivity contribution in [3.8, 4) is 5.75 Å². The van der Waals surface area contributed by atoms with Gasteiger partial charge in [-0.3, -0.25) is 4.79 Å². The summed E-state index contributed by atoms with van der Waals surface area (Å²) in [6.45, 7) is 3.90. The van der Waals surface area contributed by atoms with Crippen LogP contribution in [0.5, 0.6) is 5.75 Å². The molecule has 2 N–H and O–H groups in total. The molecule has 0 spiro atoms. The smallest absolute Gasteiger partial charge is 0.257 e. The number of amides is 1. The highest BCUT2D eigenvalue weighted by molar-refractivity contribution is 7.91. The van der Waals surface area contributed by atoms with Crippen LogP contribution < -0.4 is 15.4 Å². The van der Waals surface area contributed by atoms with E-state index < -0.39 is 9.84 Å². The van der Waals surface area contributed by atoms with Crippen LogP contribution in [-0.4, -0.2) is 43.0 Å². The maximum atomic E-state index is 12.3. The van der Waals surface area contributed by atoms with E-state index in [0.717, 1.165) is 5.75 Å². The van der Waals surface area contributed by atoms with Gasteiger partial charge in [0.15, 0.2) is 9.84 Å². The Morgan fingerprint density at radius 3 is 2.48 bits per heavy atom. The molecule has 2 aromatic rings. The van der Waals surface area contributed by atoms with Gasteiger partial charge in [0.25, 0.3) is 5.91 Å². The highest BCUT2D eigenvalue weighted by Crippen LogP contribution is 2.19. The Hall–Kier alpha value is -2.61. The van der Waals surface area contributed by atoms with Crippen LogP contribution in [0.15, 0.2) is 42.6 Å². The van der Waals surface area contributed by atoms with Gasteiger partial charge in [-0.15, -0.1) is 0 Å². The number of carbonyl (C=O) groups is 1. The first-order valence-corrected chi connectivity index (χ1v) is 10.6. The van der Waals surface area contributed by atoms with E-state index in [4.69, 9.17) is 4.74 Å². The van der Waals surface area contributed by atoms with E-state index in [1.165, 1.54) is 6.20 Å². The largest absolute Gasteiger partial charge is 0.491 e. The monoisotopic (exact) mass is 389 g/mol. The minimum Gasteiger partial charge on any atom is -0.491 e. The number of rotatable bonds is 6. The Morgan fingerprint density at radius 1 is 1.19 bits per heavy atom. The van der Waals surface area contributed by atoms with Crippen molar-refractivity contribution in [1.82, 2.24) is 4.98 Å². The van der Waals surface area contributed by atoms with E-state index in [-0.39, 0.29) is 29.6 Å². The molecule has 1 saturated heterocycles. The predicted molar refractivity (Wildman–Crippen MR) is 105 cm³/mol. The first-order valence-electron chi connectivity index (χ1n) is 8.82. The Labute approximate surface area is 159 Å². The molecule has 1 amide bonds. The standard InChI is InChI=1S/C19H23N3O4S/c1-13(2)26-17-6-4-15(5-7-17)22-19(23)14-3-8-18(20-11-14)21-16-9-10-27(24,25)12-16/h3-8,11,13,16H,9-10,12H2,1-2H3,(H,20,21)(H,22,23). The quantitative estimate of drug-likeness (QED) is 0.788. The summed E-state index contributed by atoms with van der Waals surface area (Å²) in [5.41, 5.74) is 1.08. The summed E-state index contributed by atoms with van der Waals surface area (Å²) in [7, 11) is -2.95. The fourth-order valence-electron chi connectivity index (χ4n) is 2.82. The number of anilines is 2. The van der Waals surface area contributed by atoms with E-state index in [9.17, 15) is 13.2 Å². The van der Waals surface area contributed by atoms with Crippen LogP contribution in [0.4, 0.5) is 11.5 Å². The molecule has 7 nitrogen and oxygen atoms in total. The molecule has 0 aliphatic carbocycles. The first-order chi connectivity index (χ1) is 12.8. The molecule has 1 fully saturated rings. The second kappa shape index (κ2) is 7.96. The summed E-state index contributed by atoms with van der Waals surface area (Å²) in [5, 5.41) is 5.91. The summed E-state index contributed by atoms with van der Waals surface area (Å²) in [6, 6.07) is 10.4. The Bertz CT molecular complexity index is 894. The fraction of sp³-hybridized carbons (Fsp3) is 0.368. The number of carbonyl (C=O) groups excluding carboxylic acids is 1. The van der Waals surface area contributed by atoms with E-state index in [2.05, 4.69) is 15.6 Å². The van der Waals surface area contributed by atoms with Crippen LogP contribution in [0, 0.1) is 0 Å². The van der Waals surface area contributed by atoms with Crippen molar-refractivity contribution in [3.63, 3.8) is 0 Å². The van der Waals surface area contributed by atoms with Crippen LogP contribution in [0.25, 0.3) is 0 Å². The normalized spacial score (nSPS) is 18.3. The molecule has 1 atom stereocenters. The van der Waals surface area contributed by atoms with Crippen molar-refractivity contribution in [3.05, 3.63) is 48.2 Å². The van der Waals surface area contributed by atoms with Crippen LogP contribution in [0.3, 0.4) is 0 Å². The number of ether oxygens (including phenoxy) is 1. The van der Waals surface area contributed by atoms with Gasteiger partial charge < -0.3 is 15.4 Å². The molecule has 1 aromatic carbocycles. The highest BCUT2D eigenvalue weighted by atomic mass is 32.2. The van der Waals surface area contributed by atoms with Crippen LogP contribution >= 0.6 is 0 Å². The molecule has 1 aromatic heterocycles. The number of benzene rings is 1. The van der Waals surface area contributed by atoms with Crippen molar-refractivity contribution < 1.29 is 17.9 Å². The van der Waals surface area contributed by atoms with Crippen molar-refractivity contribution >= 4 is 27.2 Å². The van der Waals surface area contributed by atoms with Crippen LogP contribution in [0.2, 0.25) is 0 Å². The topological polar surface area (TPSA) is 97.4 Å². The summed E-state index contributed by atoms with van der Waals surface area (Å²) in [5.74, 6) is 1.35. The Morgan fingerprint density at radius 2 is 1.93 bits per heavy atom. The molecule has 0 bridgehead atoms. The van der Waals surface area contributed by atoms with Gasteiger partial charge in [-0.05, 0) is 56.7 Å². The molecule has 0 saturated carbocycles. The zero-order chi connectivity index (χ0) is 19.4. The van der Waals surface area contributed by atoms with Crippen molar-refractivity contribution in [2.45, 2.75) is 32.4 Å². The zero-order valence-electron chi connectivity index (χ0n) is 15.3. The maximum Gasteiger partial charge on any atom is 0.257 e. The van der Waals surface area contributed by atoms with E-state index in [0.29, 0.717) is 23.5 Å².